The van der Waals surface area contributed by atoms with Gasteiger partial charge in [0, 0.05) is 23.6 Å². The highest BCUT2D eigenvalue weighted by atomic mass is 16.2. The van der Waals surface area contributed by atoms with E-state index in [4.69, 9.17) is 5.11 Å². The summed E-state index contributed by atoms with van der Waals surface area (Å²) in [5.41, 5.74) is 3.97. The van der Waals surface area contributed by atoms with E-state index in [-0.39, 0.29) is 6.61 Å². The number of aromatic nitrogens is 2. The number of aryl methyl sites for hydroxylation is 2. The van der Waals surface area contributed by atoms with E-state index < -0.39 is 0 Å². The first-order valence-corrected chi connectivity index (χ1v) is 5.72. The van der Waals surface area contributed by atoms with Gasteiger partial charge in [-0.3, -0.25) is 0 Å². The lowest BCUT2D eigenvalue weighted by molar-refractivity contribution is 0.299. The molecule has 0 atom stereocenters. The molecule has 0 aliphatic rings. The first-order chi connectivity index (χ1) is 8.22. The molecule has 1 aromatic heterocycles. The fraction of sp³-hybridized carbons (Fsp3) is 0.286. The molecular formula is C14H16N2O. The van der Waals surface area contributed by atoms with Crippen LogP contribution in [0.1, 0.15) is 17.0 Å². The van der Waals surface area contributed by atoms with Crippen molar-refractivity contribution in [3.8, 4) is 11.4 Å². The van der Waals surface area contributed by atoms with Gasteiger partial charge in [0.15, 0.2) is 5.82 Å². The van der Waals surface area contributed by atoms with E-state index in [1.807, 2.05) is 44.2 Å². The molecule has 1 N–H and O–H groups in total. The van der Waals surface area contributed by atoms with Crippen LogP contribution in [0.3, 0.4) is 0 Å². The predicted molar refractivity (Wildman–Crippen MR) is 67.7 cm³/mol. The Morgan fingerprint density at radius 2 is 1.59 bits per heavy atom. The number of aliphatic hydroxyl groups excluding tert-OH is 1. The molecule has 3 heteroatoms. The maximum absolute atomic E-state index is 9.00. The maximum atomic E-state index is 9.00. The van der Waals surface area contributed by atoms with Crippen LogP contribution in [0.25, 0.3) is 11.4 Å². The zero-order valence-corrected chi connectivity index (χ0v) is 10.1. The summed E-state index contributed by atoms with van der Waals surface area (Å²) in [7, 11) is 0. The Balaban J connectivity index is 2.46. The summed E-state index contributed by atoms with van der Waals surface area (Å²) >= 11 is 0. The van der Waals surface area contributed by atoms with E-state index in [2.05, 4.69) is 9.97 Å². The molecule has 0 fully saturated rings. The van der Waals surface area contributed by atoms with Crippen LogP contribution in [-0.4, -0.2) is 21.7 Å². The number of nitrogens with zero attached hydrogens (tertiary/aromatic N) is 2. The third-order valence-electron chi connectivity index (χ3n) is 2.81. The Hall–Kier alpha value is -1.74. The summed E-state index contributed by atoms with van der Waals surface area (Å²) in [6.45, 7) is 4.06. The van der Waals surface area contributed by atoms with E-state index >= 15 is 0 Å². The van der Waals surface area contributed by atoms with Crippen LogP contribution in [0.5, 0.6) is 0 Å². The average molecular weight is 228 g/mol. The van der Waals surface area contributed by atoms with Crippen LogP contribution < -0.4 is 0 Å². The third kappa shape index (κ3) is 2.50. The fourth-order valence-electron chi connectivity index (χ4n) is 1.93. The van der Waals surface area contributed by atoms with Gasteiger partial charge in [-0.25, -0.2) is 9.97 Å². The lowest BCUT2D eigenvalue weighted by Gasteiger charge is -2.09. The zero-order chi connectivity index (χ0) is 12.3. The Labute approximate surface area is 101 Å². The van der Waals surface area contributed by atoms with Gasteiger partial charge in [-0.2, -0.15) is 0 Å². The van der Waals surface area contributed by atoms with E-state index in [0.29, 0.717) is 6.42 Å². The summed E-state index contributed by atoms with van der Waals surface area (Å²) in [6.07, 6.45) is 0.618. The topological polar surface area (TPSA) is 46.0 Å². The standard InChI is InChI=1S/C14H16N2O/c1-10-13(8-9-17)11(2)16-14(15-10)12-6-4-3-5-7-12/h3-7,17H,8-9H2,1-2H3. The van der Waals surface area contributed by atoms with Crippen LogP contribution in [0.2, 0.25) is 0 Å². The lowest BCUT2D eigenvalue weighted by Crippen LogP contribution is -2.04. The second-order valence-corrected chi connectivity index (χ2v) is 4.04. The summed E-state index contributed by atoms with van der Waals surface area (Å²) in [5.74, 6) is 0.752. The highest BCUT2D eigenvalue weighted by molar-refractivity contribution is 5.55. The smallest absolute Gasteiger partial charge is 0.159 e. The zero-order valence-electron chi connectivity index (χ0n) is 10.1. The summed E-state index contributed by atoms with van der Waals surface area (Å²) in [6, 6.07) is 9.93. The third-order valence-corrected chi connectivity index (χ3v) is 2.81. The van der Waals surface area contributed by atoms with Gasteiger partial charge in [-0.05, 0) is 25.8 Å². The number of benzene rings is 1. The molecule has 0 saturated carbocycles. The van der Waals surface area contributed by atoms with E-state index in [1.54, 1.807) is 0 Å². The second kappa shape index (κ2) is 5.06. The molecule has 0 spiro atoms. The van der Waals surface area contributed by atoms with Gasteiger partial charge in [0.2, 0.25) is 0 Å². The number of hydrogen-bond donors (Lipinski definition) is 1. The van der Waals surface area contributed by atoms with Gasteiger partial charge in [0.25, 0.3) is 0 Å². The normalized spacial score (nSPS) is 10.5. The molecule has 0 bridgehead atoms. The molecule has 3 nitrogen and oxygen atoms in total. The molecule has 0 amide bonds. The van der Waals surface area contributed by atoms with Gasteiger partial charge in [0.1, 0.15) is 0 Å². The minimum absolute atomic E-state index is 0.135. The second-order valence-electron chi connectivity index (χ2n) is 4.04. The minimum atomic E-state index is 0.135. The molecule has 88 valence electrons. The molecule has 1 heterocycles. The first-order valence-electron chi connectivity index (χ1n) is 5.72. The summed E-state index contributed by atoms with van der Waals surface area (Å²) in [4.78, 5) is 9.00. The van der Waals surface area contributed by atoms with Crippen molar-refractivity contribution < 1.29 is 5.11 Å². The van der Waals surface area contributed by atoms with Crippen LogP contribution >= 0.6 is 0 Å². The molecule has 1 aromatic carbocycles. The number of rotatable bonds is 3. The Morgan fingerprint density at radius 3 is 2.12 bits per heavy atom. The SMILES string of the molecule is Cc1nc(-c2ccccc2)nc(C)c1CCO. The molecule has 0 aliphatic heterocycles. The van der Waals surface area contributed by atoms with Crippen LogP contribution in [0.15, 0.2) is 30.3 Å². The fourth-order valence-corrected chi connectivity index (χ4v) is 1.93. The Bertz CT molecular complexity index is 486. The Kier molecular flexibility index (Phi) is 3.49. The molecule has 0 saturated heterocycles. The van der Waals surface area contributed by atoms with E-state index in [9.17, 15) is 0 Å². The van der Waals surface area contributed by atoms with Gasteiger partial charge in [-0.15, -0.1) is 0 Å². The van der Waals surface area contributed by atoms with Gasteiger partial charge in [0.05, 0.1) is 0 Å². The maximum Gasteiger partial charge on any atom is 0.159 e. The van der Waals surface area contributed by atoms with Crippen molar-refractivity contribution in [2.45, 2.75) is 20.3 Å². The molecule has 0 unspecified atom stereocenters. The average Bonchev–Trinajstić information content (AvgIpc) is 2.35. The summed E-state index contributed by atoms with van der Waals surface area (Å²) in [5, 5.41) is 9.00. The van der Waals surface area contributed by atoms with Crippen molar-refractivity contribution in [2.24, 2.45) is 0 Å². The van der Waals surface area contributed by atoms with Crippen LogP contribution in [0, 0.1) is 13.8 Å². The minimum Gasteiger partial charge on any atom is -0.396 e. The van der Waals surface area contributed by atoms with Crippen molar-refractivity contribution in [2.75, 3.05) is 6.61 Å². The highest BCUT2D eigenvalue weighted by Crippen LogP contribution is 2.18. The molecular weight excluding hydrogens is 212 g/mol. The monoisotopic (exact) mass is 228 g/mol. The van der Waals surface area contributed by atoms with Crippen LogP contribution in [0.4, 0.5) is 0 Å². The highest BCUT2D eigenvalue weighted by Gasteiger charge is 2.08. The first kappa shape index (κ1) is 11.7. The van der Waals surface area contributed by atoms with E-state index in [1.165, 1.54) is 0 Å². The predicted octanol–water partition coefficient (Wildman–Crippen LogP) is 2.30. The summed E-state index contributed by atoms with van der Waals surface area (Å²) < 4.78 is 0. The molecule has 0 aliphatic carbocycles. The number of aliphatic hydroxyl groups is 1. The molecule has 2 aromatic rings. The molecule has 2 rings (SSSR count). The molecule has 17 heavy (non-hydrogen) atoms. The van der Waals surface area contributed by atoms with Crippen molar-refractivity contribution in [3.05, 3.63) is 47.3 Å². The van der Waals surface area contributed by atoms with Gasteiger partial charge >= 0.3 is 0 Å². The van der Waals surface area contributed by atoms with Crippen LogP contribution in [-0.2, 0) is 6.42 Å². The van der Waals surface area contributed by atoms with Crippen molar-refractivity contribution in [1.82, 2.24) is 9.97 Å². The lowest BCUT2D eigenvalue weighted by atomic mass is 10.1. The van der Waals surface area contributed by atoms with Crippen molar-refractivity contribution in [3.63, 3.8) is 0 Å². The Morgan fingerprint density at radius 1 is 1.00 bits per heavy atom. The quantitative estimate of drug-likeness (QED) is 0.876. The molecule has 0 radical (unpaired) electrons. The van der Waals surface area contributed by atoms with Crippen molar-refractivity contribution >= 4 is 0 Å². The number of hydrogen-bond acceptors (Lipinski definition) is 3. The van der Waals surface area contributed by atoms with E-state index in [0.717, 1.165) is 28.3 Å². The van der Waals surface area contributed by atoms with Gasteiger partial charge in [-0.1, -0.05) is 30.3 Å². The van der Waals surface area contributed by atoms with Crippen molar-refractivity contribution in [1.29, 1.82) is 0 Å². The largest absolute Gasteiger partial charge is 0.396 e. The van der Waals surface area contributed by atoms with Gasteiger partial charge < -0.3 is 5.11 Å².